The topological polar surface area (TPSA) is 63.6 Å². The van der Waals surface area contributed by atoms with Crippen LogP contribution in [0.25, 0.3) is 0 Å². The van der Waals surface area contributed by atoms with Crippen LogP contribution in [0.1, 0.15) is 19.3 Å². The summed E-state index contributed by atoms with van der Waals surface area (Å²) < 4.78 is 4.38. The molecule has 0 radical (unpaired) electrons. The molecule has 0 unspecified atom stereocenters. The number of methoxy groups -OCH3 is 1. The minimum Gasteiger partial charge on any atom is -0.478 e. The molecule has 0 heterocycles. The highest BCUT2D eigenvalue weighted by Gasteiger charge is 2.05. The van der Waals surface area contributed by atoms with E-state index in [4.69, 9.17) is 5.11 Å². The zero-order valence-electron chi connectivity index (χ0n) is 7.00. The summed E-state index contributed by atoms with van der Waals surface area (Å²) in [5, 5.41) is 8.39. The van der Waals surface area contributed by atoms with E-state index in [1.165, 1.54) is 7.11 Å². The van der Waals surface area contributed by atoms with Gasteiger partial charge in [-0.15, -0.1) is 0 Å². The lowest BCUT2D eigenvalue weighted by atomic mass is 10.1. The van der Waals surface area contributed by atoms with E-state index in [-0.39, 0.29) is 18.0 Å². The second kappa shape index (κ2) is 5.35. The Balaban J connectivity index is 3.50. The standard InChI is InChI=1S/C8H12O4/c1-6(8(10)11)4-3-5-7(9)12-2/h1,3-5H2,2H3,(H,10,11). The molecule has 1 N–H and O–H groups in total. The van der Waals surface area contributed by atoms with Crippen LogP contribution in [0.4, 0.5) is 0 Å². The Hall–Kier alpha value is -1.32. The first-order chi connectivity index (χ1) is 5.57. The minimum absolute atomic E-state index is 0.124. The van der Waals surface area contributed by atoms with E-state index in [2.05, 4.69) is 11.3 Å². The number of carbonyl (C=O) groups excluding carboxylic acids is 1. The highest BCUT2D eigenvalue weighted by atomic mass is 16.5. The summed E-state index contributed by atoms with van der Waals surface area (Å²) in [5.74, 6) is -1.34. The van der Waals surface area contributed by atoms with Crippen molar-refractivity contribution in [2.75, 3.05) is 7.11 Å². The van der Waals surface area contributed by atoms with Gasteiger partial charge in [-0.2, -0.15) is 0 Å². The summed E-state index contributed by atoms with van der Waals surface area (Å²) in [7, 11) is 1.30. The SMILES string of the molecule is C=C(CCCC(=O)OC)C(=O)O. The predicted molar refractivity (Wildman–Crippen MR) is 42.6 cm³/mol. The fourth-order valence-corrected chi connectivity index (χ4v) is 0.655. The van der Waals surface area contributed by atoms with E-state index in [1.807, 2.05) is 0 Å². The van der Waals surface area contributed by atoms with Crippen LogP contribution < -0.4 is 0 Å². The van der Waals surface area contributed by atoms with Crippen molar-refractivity contribution < 1.29 is 19.4 Å². The van der Waals surface area contributed by atoms with Crippen molar-refractivity contribution in [1.29, 1.82) is 0 Å². The number of rotatable bonds is 5. The molecule has 0 amide bonds. The van der Waals surface area contributed by atoms with Crippen molar-refractivity contribution in [3.8, 4) is 0 Å². The number of carboxylic acids is 1. The van der Waals surface area contributed by atoms with Crippen LogP contribution in [0.3, 0.4) is 0 Å². The highest BCUT2D eigenvalue weighted by molar-refractivity contribution is 5.85. The van der Waals surface area contributed by atoms with Gasteiger partial charge in [0, 0.05) is 12.0 Å². The average molecular weight is 172 g/mol. The Morgan fingerprint density at radius 3 is 2.42 bits per heavy atom. The van der Waals surface area contributed by atoms with Gasteiger partial charge in [0.15, 0.2) is 0 Å². The molecule has 0 spiro atoms. The van der Waals surface area contributed by atoms with Gasteiger partial charge in [0.05, 0.1) is 7.11 Å². The van der Waals surface area contributed by atoms with E-state index < -0.39 is 5.97 Å². The summed E-state index contributed by atoms with van der Waals surface area (Å²) in [6, 6.07) is 0. The summed E-state index contributed by atoms with van der Waals surface area (Å²) in [5.41, 5.74) is 0.124. The van der Waals surface area contributed by atoms with Crippen LogP contribution in [0.15, 0.2) is 12.2 Å². The van der Waals surface area contributed by atoms with Gasteiger partial charge in [-0.1, -0.05) is 6.58 Å². The number of aliphatic carboxylic acids is 1. The van der Waals surface area contributed by atoms with Gasteiger partial charge in [0.2, 0.25) is 0 Å². The highest BCUT2D eigenvalue weighted by Crippen LogP contribution is 2.05. The van der Waals surface area contributed by atoms with Crippen LogP contribution in [0, 0.1) is 0 Å². The van der Waals surface area contributed by atoms with Gasteiger partial charge in [0.25, 0.3) is 0 Å². The molecule has 0 rings (SSSR count). The molecule has 0 atom stereocenters. The maximum absolute atomic E-state index is 10.6. The normalized spacial score (nSPS) is 9.08. The largest absolute Gasteiger partial charge is 0.478 e. The van der Waals surface area contributed by atoms with Gasteiger partial charge in [0.1, 0.15) is 0 Å². The van der Waals surface area contributed by atoms with Crippen molar-refractivity contribution in [3.63, 3.8) is 0 Å². The molecule has 0 saturated heterocycles. The first kappa shape index (κ1) is 10.7. The van der Waals surface area contributed by atoms with E-state index in [0.29, 0.717) is 12.8 Å². The average Bonchev–Trinajstić information content (AvgIpc) is 2.03. The van der Waals surface area contributed by atoms with E-state index in [0.717, 1.165) is 0 Å². The predicted octanol–water partition coefficient (Wildman–Crippen LogP) is 0.970. The first-order valence-electron chi connectivity index (χ1n) is 3.55. The van der Waals surface area contributed by atoms with E-state index in [1.54, 1.807) is 0 Å². The first-order valence-corrected chi connectivity index (χ1v) is 3.55. The lowest BCUT2D eigenvalue weighted by Gasteiger charge is -1.99. The van der Waals surface area contributed by atoms with E-state index in [9.17, 15) is 9.59 Å². The molecular formula is C8H12O4. The van der Waals surface area contributed by atoms with Gasteiger partial charge in [-0.3, -0.25) is 4.79 Å². The summed E-state index contributed by atoms with van der Waals surface area (Å²) in [6.45, 7) is 3.33. The lowest BCUT2D eigenvalue weighted by molar-refractivity contribution is -0.141. The summed E-state index contributed by atoms with van der Waals surface area (Å²) in [6.07, 6.45) is 1.03. The van der Waals surface area contributed by atoms with Crippen LogP contribution in [-0.2, 0) is 14.3 Å². The quantitative estimate of drug-likeness (QED) is 0.495. The molecule has 0 aromatic rings. The van der Waals surface area contributed by atoms with Crippen LogP contribution >= 0.6 is 0 Å². The zero-order chi connectivity index (χ0) is 9.56. The third kappa shape index (κ3) is 4.49. The van der Waals surface area contributed by atoms with Gasteiger partial charge < -0.3 is 9.84 Å². The van der Waals surface area contributed by atoms with Crippen molar-refractivity contribution in [3.05, 3.63) is 12.2 Å². The lowest BCUT2D eigenvalue weighted by Crippen LogP contribution is -2.02. The number of ether oxygens (including phenoxy) is 1. The number of esters is 1. The number of carboxylic acid groups (broad SMARTS) is 1. The third-order valence-electron chi connectivity index (χ3n) is 1.39. The minimum atomic E-state index is -1.01. The van der Waals surface area contributed by atoms with Crippen LogP contribution in [0.2, 0.25) is 0 Å². The number of carbonyl (C=O) groups is 2. The Labute approximate surface area is 70.8 Å². The van der Waals surface area contributed by atoms with Gasteiger partial charge >= 0.3 is 11.9 Å². The number of hydrogen-bond donors (Lipinski definition) is 1. The van der Waals surface area contributed by atoms with E-state index >= 15 is 0 Å². The maximum Gasteiger partial charge on any atom is 0.330 e. The molecule has 0 saturated carbocycles. The maximum atomic E-state index is 10.6. The van der Waals surface area contributed by atoms with Crippen molar-refractivity contribution in [1.82, 2.24) is 0 Å². The Bertz CT molecular complexity index is 195. The zero-order valence-corrected chi connectivity index (χ0v) is 7.00. The van der Waals surface area contributed by atoms with Crippen LogP contribution in [0.5, 0.6) is 0 Å². The molecule has 0 bridgehead atoms. The van der Waals surface area contributed by atoms with Crippen molar-refractivity contribution in [2.45, 2.75) is 19.3 Å². The smallest absolute Gasteiger partial charge is 0.330 e. The van der Waals surface area contributed by atoms with Gasteiger partial charge in [-0.05, 0) is 12.8 Å². The molecule has 0 aliphatic rings. The second-order valence-corrected chi connectivity index (χ2v) is 2.34. The molecule has 0 aliphatic carbocycles. The van der Waals surface area contributed by atoms with Crippen molar-refractivity contribution in [2.24, 2.45) is 0 Å². The third-order valence-corrected chi connectivity index (χ3v) is 1.39. The molecule has 0 fully saturated rings. The van der Waals surface area contributed by atoms with Gasteiger partial charge in [-0.25, -0.2) is 4.79 Å². The van der Waals surface area contributed by atoms with Crippen molar-refractivity contribution >= 4 is 11.9 Å². The molecule has 12 heavy (non-hydrogen) atoms. The Kier molecular flexibility index (Phi) is 4.76. The molecule has 68 valence electrons. The fraction of sp³-hybridized carbons (Fsp3) is 0.500. The molecule has 0 aromatic heterocycles. The molecular weight excluding hydrogens is 160 g/mol. The van der Waals surface area contributed by atoms with Crippen LogP contribution in [-0.4, -0.2) is 24.2 Å². The Morgan fingerprint density at radius 1 is 1.42 bits per heavy atom. The Morgan fingerprint density at radius 2 is 2.00 bits per heavy atom. The molecule has 0 aliphatic heterocycles. The number of hydrogen-bond acceptors (Lipinski definition) is 3. The molecule has 4 heteroatoms. The monoisotopic (exact) mass is 172 g/mol. The fourth-order valence-electron chi connectivity index (χ4n) is 0.655. The summed E-state index contributed by atoms with van der Waals surface area (Å²) >= 11 is 0. The summed E-state index contributed by atoms with van der Waals surface area (Å²) in [4.78, 5) is 20.8. The molecule has 0 aromatic carbocycles. The molecule has 4 nitrogen and oxygen atoms in total. The second-order valence-electron chi connectivity index (χ2n) is 2.34.